The van der Waals surface area contributed by atoms with E-state index in [0.717, 1.165) is 18.1 Å². The fourth-order valence-electron chi connectivity index (χ4n) is 1.83. The van der Waals surface area contributed by atoms with Gasteiger partial charge in [0.15, 0.2) is 0 Å². The van der Waals surface area contributed by atoms with Crippen molar-refractivity contribution in [2.24, 2.45) is 11.7 Å². The second kappa shape index (κ2) is 5.53. The van der Waals surface area contributed by atoms with Crippen molar-refractivity contribution in [1.29, 1.82) is 0 Å². The Kier molecular flexibility index (Phi) is 4.64. The van der Waals surface area contributed by atoms with Crippen molar-refractivity contribution in [3.8, 4) is 0 Å². The maximum Gasteiger partial charge on any atom is 0.230 e. The third-order valence-corrected chi connectivity index (χ3v) is 4.33. The number of hydrogen-bond donors (Lipinski definition) is 1. The zero-order valence-corrected chi connectivity index (χ0v) is 9.11. The van der Waals surface area contributed by atoms with Gasteiger partial charge in [-0.25, -0.2) is 0 Å². The summed E-state index contributed by atoms with van der Waals surface area (Å²) in [6, 6.07) is 0. The van der Waals surface area contributed by atoms with Gasteiger partial charge in [-0.3, -0.25) is 4.79 Å². The summed E-state index contributed by atoms with van der Waals surface area (Å²) in [6.07, 6.45) is 6.31. The number of nitrogens with two attached hydrogens (primary N) is 1. The first-order valence-electron chi connectivity index (χ1n) is 5.15. The number of primary amides is 1. The molecule has 0 aromatic rings. The highest BCUT2D eigenvalue weighted by Crippen LogP contribution is 2.29. The van der Waals surface area contributed by atoms with Crippen molar-refractivity contribution in [2.45, 2.75) is 44.3 Å². The Morgan fingerprint density at radius 3 is 2.62 bits per heavy atom. The normalized spacial score (nSPS) is 20.4. The van der Waals surface area contributed by atoms with Crippen LogP contribution < -0.4 is 5.73 Å². The minimum atomic E-state index is -0.148. The van der Waals surface area contributed by atoms with Crippen LogP contribution in [0.25, 0.3) is 0 Å². The molecule has 0 bridgehead atoms. The molecule has 2 nitrogen and oxygen atoms in total. The summed E-state index contributed by atoms with van der Waals surface area (Å²) in [5.74, 6) is 1.82. The largest absolute Gasteiger partial charge is 0.369 e. The van der Waals surface area contributed by atoms with Gasteiger partial charge in [0.2, 0.25) is 5.91 Å². The fourth-order valence-corrected chi connectivity index (χ4v) is 3.07. The minimum absolute atomic E-state index is 0.0422. The lowest BCUT2D eigenvalue weighted by Crippen LogP contribution is -2.25. The summed E-state index contributed by atoms with van der Waals surface area (Å²) >= 11 is 1.75. The first-order chi connectivity index (χ1) is 6.24. The van der Waals surface area contributed by atoms with E-state index < -0.39 is 0 Å². The van der Waals surface area contributed by atoms with Crippen molar-refractivity contribution in [1.82, 2.24) is 0 Å². The standard InChI is InChI=1S/C10H19NOS/c1-2-9(10(11)12)13-7-8-5-3-4-6-8/h8-9H,2-7H2,1H3,(H2,11,12). The third-order valence-electron chi connectivity index (χ3n) is 2.70. The van der Waals surface area contributed by atoms with Gasteiger partial charge in [-0.1, -0.05) is 19.8 Å². The van der Waals surface area contributed by atoms with Gasteiger partial charge in [0, 0.05) is 0 Å². The maximum atomic E-state index is 10.9. The molecule has 1 amide bonds. The Balaban J connectivity index is 2.18. The summed E-state index contributed by atoms with van der Waals surface area (Å²) in [5.41, 5.74) is 5.27. The quantitative estimate of drug-likeness (QED) is 0.741. The summed E-state index contributed by atoms with van der Waals surface area (Å²) in [7, 11) is 0. The van der Waals surface area contributed by atoms with Crippen LogP contribution in [-0.2, 0) is 4.79 Å². The van der Waals surface area contributed by atoms with E-state index >= 15 is 0 Å². The number of carbonyl (C=O) groups is 1. The molecular weight excluding hydrogens is 182 g/mol. The number of hydrogen-bond acceptors (Lipinski definition) is 2. The highest BCUT2D eigenvalue weighted by molar-refractivity contribution is 8.00. The van der Waals surface area contributed by atoms with E-state index in [1.54, 1.807) is 11.8 Å². The molecule has 1 aliphatic carbocycles. The second-order valence-corrected chi connectivity index (χ2v) is 5.02. The van der Waals surface area contributed by atoms with Crippen LogP contribution in [0.15, 0.2) is 0 Å². The SMILES string of the molecule is CCC(SCC1CCCC1)C(N)=O. The highest BCUT2D eigenvalue weighted by Gasteiger charge is 2.19. The molecule has 0 aliphatic heterocycles. The highest BCUT2D eigenvalue weighted by atomic mass is 32.2. The molecular formula is C10H19NOS. The van der Waals surface area contributed by atoms with E-state index in [0.29, 0.717) is 0 Å². The van der Waals surface area contributed by atoms with Gasteiger partial charge >= 0.3 is 0 Å². The minimum Gasteiger partial charge on any atom is -0.369 e. The zero-order valence-electron chi connectivity index (χ0n) is 8.29. The molecule has 0 aromatic carbocycles. The van der Waals surface area contributed by atoms with E-state index in [4.69, 9.17) is 5.73 Å². The van der Waals surface area contributed by atoms with Crippen LogP contribution in [0.1, 0.15) is 39.0 Å². The molecule has 1 unspecified atom stereocenters. The third kappa shape index (κ3) is 3.59. The topological polar surface area (TPSA) is 43.1 Å². The van der Waals surface area contributed by atoms with E-state index in [-0.39, 0.29) is 11.2 Å². The van der Waals surface area contributed by atoms with Crippen LogP contribution in [0.4, 0.5) is 0 Å². The lowest BCUT2D eigenvalue weighted by molar-refractivity contribution is -0.117. The van der Waals surface area contributed by atoms with E-state index in [1.165, 1.54) is 25.7 Å². The van der Waals surface area contributed by atoms with Crippen LogP contribution in [0, 0.1) is 5.92 Å². The van der Waals surface area contributed by atoms with Crippen LogP contribution >= 0.6 is 11.8 Å². The molecule has 0 heterocycles. The summed E-state index contributed by atoms with van der Waals surface area (Å²) in [5, 5.41) is 0.0422. The molecule has 1 atom stereocenters. The molecule has 1 saturated carbocycles. The average Bonchev–Trinajstić information content (AvgIpc) is 2.57. The molecule has 0 spiro atoms. The van der Waals surface area contributed by atoms with Gasteiger partial charge in [-0.05, 0) is 30.9 Å². The molecule has 1 rings (SSSR count). The summed E-state index contributed by atoms with van der Waals surface area (Å²) in [6.45, 7) is 2.02. The first kappa shape index (κ1) is 10.9. The second-order valence-electron chi connectivity index (χ2n) is 3.78. The Morgan fingerprint density at radius 1 is 1.54 bits per heavy atom. The van der Waals surface area contributed by atoms with Crippen molar-refractivity contribution >= 4 is 17.7 Å². The van der Waals surface area contributed by atoms with Gasteiger partial charge in [0.25, 0.3) is 0 Å². The van der Waals surface area contributed by atoms with Crippen molar-refractivity contribution in [3.05, 3.63) is 0 Å². The molecule has 2 N–H and O–H groups in total. The monoisotopic (exact) mass is 201 g/mol. The van der Waals surface area contributed by atoms with Gasteiger partial charge in [-0.2, -0.15) is 0 Å². The molecule has 13 heavy (non-hydrogen) atoms. The average molecular weight is 201 g/mol. The lowest BCUT2D eigenvalue weighted by atomic mass is 10.1. The van der Waals surface area contributed by atoms with E-state index in [1.807, 2.05) is 6.92 Å². The molecule has 0 aromatic heterocycles. The summed E-state index contributed by atoms with van der Waals surface area (Å²) < 4.78 is 0. The molecule has 76 valence electrons. The van der Waals surface area contributed by atoms with Crippen LogP contribution in [-0.4, -0.2) is 16.9 Å². The fraction of sp³-hybridized carbons (Fsp3) is 0.900. The van der Waals surface area contributed by atoms with Gasteiger partial charge in [0.05, 0.1) is 5.25 Å². The predicted molar refractivity (Wildman–Crippen MR) is 57.7 cm³/mol. The van der Waals surface area contributed by atoms with Crippen LogP contribution in [0.5, 0.6) is 0 Å². The first-order valence-corrected chi connectivity index (χ1v) is 6.19. The predicted octanol–water partition coefficient (Wildman–Crippen LogP) is 2.17. The van der Waals surface area contributed by atoms with E-state index in [2.05, 4.69) is 0 Å². The lowest BCUT2D eigenvalue weighted by Gasteiger charge is -2.13. The Bertz CT molecular complexity index is 166. The Labute approximate surface area is 84.6 Å². The van der Waals surface area contributed by atoms with Crippen LogP contribution in [0.2, 0.25) is 0 Å². The molecule has 3 heteroatoms. The molecule has 0 saturated heterocycles. The molecule has 1 fully saturated rings. The van der Waals surface area contributed by atoms with Crippen molar-refractivity contribution in [3.63, 3.8) is 0 Å². The smallest absolute Gasteiger partial charge is 0.230 e. The molecule has 1 aliphatic rings. The van der Waals surface area contributed by atoms with Gasteiger partial charge < -0.3 is 5.73 Å². The van der Waals surface area contributed by atoms with Crippen LogP contribution in [0.3, 0.4) is 0 Å². The van der Waals surface area contributed by atoms with Gasteiger partial charge in [-0.15, -0.1) is 11.8 Å². The van der Waals surface area contributed by atoms with Crippen molar-refractivity contribution < 1.29 is 4.79 Å². The Hall–Kier alpha value is -0.180. The Morgan fingerprint density at radius 2 is 2.15 bits per heavy atom. The summed E-state index contributed by atoms with van der Waals surface area (Å²) in [4.78, 5) is 10.9. The maximum absolute atomic E-state index is 10.9. The number of carbonyl (C=O) groups excluding carboxylic acids is 1. The molecule has 0 radical (unpaired) electrons. The number of amides is 1. The number of thioether (sulfide) groups is 1. The number of rotatable bonds is 5. The van der Waals surface area contributed by atoms with Gasteiger partial charge in [0.1, 0.15) is 0 Å². The van der Waals surface area contributed by atoms with E-state index in [9.17, 15) is 4.79 Å². The zero-order chi connectivity index (χ0) is 9.68. The van der Waals surface area contributed by atoms with Crippen molar-refractivity contribution in [2.75, 3.05) is 5.75 Å².